The summed E-state index contributed by atoms with van der Waals surface area (Å²) in [6.07, 6.45) is 7.08. The Balaban J connectivity index is 1.27. The van der Waals surface area contributed by atoms with E-state index < -0.39 is 0 Å². The first-order valence-electron chi connectivity index (χ1n) is 10.1. The van der Waals surface area contributed by atoms with Gasteiger partial charge in [0.1, 0.15) is 0 Å². The van der Waals surface area contributed by atoms with Crippen LogP contribution in [0.25, 0.3) is 11.1 Å². The zero-order valence-electron chi connectivity index (χ0n) is 15.9. The zero-order valence-corrected chi connectivity index (χ0v) is 15.9. The summed E-state index contributed by atoms with van der Waals surface area (Å²) in [5.41, 5.74) is 4.17. The Morgan fingerprint density at radius 1 is 1.11 bits per heavy atom. The van der Waals surface area contributed by atoms with E-state index in [1.807, 2.05) is 12.1 Å². The maximum absolute atomic E-state index is 11.3. The van der Waals surface area contributed by atoms with E-state index in [1.165, 1.54) is 43.2 Å². The standard InChI is InChI=1S/C23H28N2O2/c1-16(7-8-17-5-3-2-4-6-17)24-20-12-9-18(10-13-20)19-11-14-21-22(15-19)27-23(26)25-21/h2-6,11,14-16,18,20,24H,7-10,12-13H2,1H3,(H,25,26)/t16-,18-,20-/m1/s1. The van der Waals surface area contributed by atoms with Gasteiger partial charge in [-0.25, -0.2) is 4.79 Å². The Kier molecular flexibility index (Phi) is 5.44. The molecule has 1 heterocycles. The fourth-order valence-electron chi connectivity index (χ4n) is 4.32. The number of hydrogen-bond acceptors (Lipinski definition) is 3. The Bertz CT molecular complexity index is 920. The van der Waals surface area contributed by atoms with Gasteiger partial charge in [-0.2, -0.15) is 0 Å². The summed E-state index contributed by atoms with van der Waals surface area (Å²) < 4.78 is 5.21. The maximum atomic E-state index is 11.3. The van der Waals surface area contributed by atoms with Crippen molar-refractivity contribution in [3.05, 3.63) is 70.2 Å². The molecule has 1 fully saturated rings. The van der Waals surface area contributed by atoms with Crippen molar-refractivity contribution in [1.82, 2.24) is 10.3 Å². The lowest BCUT2D eigenvalue weighted by Gasteiger charge is -2.31. The normalized spacial score (nSPS) is 21.4. The number of benzene rings is 2. The first-order chi connectivity index (χ1) is 13.2. The van der Waals surface area contributed by atoms with Gasteiger partial charge in [0.05, 0.1) is 5.52 Å². The molecule has 27 heavy (non-hydrogen) atoms. The van der Waals surface area contributed by atoms with Gasteiger partial charge in [-0.1, -0.05) is 36.4 Å². The molecule has 4 nitrogen and oxygen atoms in total. The predicted octanol–water partition coefficient (Wildman–Crippen LogP) is 4.76. The van der Waals surface area contributed by atoms with Gasteiger partial charge in [0.2, 0.25) is 0 Å². The molecule has 4 rings (SSSR count). The number of aromatic amines is 1. The van der Waals surface area contributed by atoms with Gasteiger partial charge in [0.25, 0.3) is 0 Å². The van der Waals surface area contributed by atoms with Crippen LogP contribution in [0.5, 0.6) is 0 Å². The Morgan fingerprint density at radius 3 is 2.67 bits per heavy atom. The SMILES string of the molecule is C[C@H](CCc1ccccc1)N[C@H]1CC[C@H](c2ccc3[nH]c(=O)oc3c2)CC1. The lowest BCUT2D eigenvalue weighted by atomic mass is 9.81. The van der Waals surface area contributed by atoms with Crippen molar-refractivity contribution in [3.8, 4) is 0 Å². The molecule has 1 atom stereocenters. The zero-order chi connectivity index (χ0) is 18.6. The number of nitrogens with one attached hydrogen (secondary N) is 2. The largest absolute Gasteiger partial charge is 0.417 e. The van der Waals surface area contributed by atoms with Crippen LogP contribution < -0.4 is 11.1 Å². The molecule has 2 N–H and O–H groups in total. The molecule has 1 aliphatic rings. The number of oxazole rings is 1. The van der Waals surface area contributed by atoms with Gasteiger partial charge in [-0.05, 0) is 74.6 Å². The van der Waals surface area contributed by atoms with Crippen LogP contribution in [0.4, 0.5) is 0 Å². The summed E-state index contributed by atoms with van der Waals surface area (Å²) in [5.74, 6) is 0.187. The third-order valence-electron chi connectivity index (χ3n) is 5.87. The lowest BCUT2D eigenvalue weighted by molar-refractivity contribution is 0.314. The second-order valence-electron chi connectivity index (χ2n) is 7.91. The van der Waals surface area contributed by atoms with Gasteiger partial charge >= 0.3 is 5.76 Å². The van der Waals surface area contributed by atoms with E-state index in [2.05, 4.69) is 53.6 Å². The van der Waals surface area contributed by atoms with Crippen molar-refractivity contribution in [3.63, 3.8) is 0 Å². The van der Waals surface area contributed by atoms with Crippen molar-refractivity contribution in [2.75, 3.05) is 0 Å². The van der Waals surface area contributed by atoms with E-state index >= 15 is 0 Å². The number of aromatic nitrogens is 1. The number of rotatable bonds is 6. The highest BCUT2D eigenvalue weighted by Gasteiger charge is 2.23. The first-order valence-corrected chi connectivity index (χ1v) is 10.1. The summed E-state index contributed by atoms with van der Waals surface area (Å²) >= 11 is 0. The molecule has 0 spiro atoms. The number of hydrogen-bond donors (Lipinski definition) is 2. The fraction of sp³-hybridized carbons (Fsp3) is 0.435. The van der Waals surface area contributed by atoms with E-state index in [-0.39, 0.29) is 5.76 Å². The van der Waals surface area contributed by atoms with E-state index in [4.69, 9.17) is 4.42 Å². The summed E-state index contributed by atoms with van der Waals surface area (Å²) in [5, 5.41) is 3.83. The minimum absolute atomic E-state index is 0.375. The molecule has 0 unspecified atom stereocenters. The molecule has 4 heteroatoms. The highest BCUT2D eigenvalue weighted by atomic mass is 16.4. The van der Waals surface area contributed by atoms with Gasteiger partial charge in [-0.3, -0.25) is 4.98 Å². The van der Waals surface area contributed by atoms with Crippen LogP contribution in [0, 0.1) is 0 Å². The highest BCUT2D eigenvalue weighted by molar-refractivity contribution is 5.72. The van der Waals surface area contributed by atoms with Crippen molar-refractivity contribution >= 4 is 11.1 Å². The van der Waals surface area contributed by atoms with Crippen LogP contribution in [-0.4, -0.2) is 17.1 Å². The Morgan fingerprint density at radius 2 is 1.89 bits per heavy atom. The number of fused-ring (bicyclic) bond motifs is 1. The van der Waals surface area contributed by atoms with Gasteiger partial charge in [0, 0.05) is 12.1 Å². The highest BCUT2D eigenvalue weighted by Crippen LogP contribution is 2.34. The topological polar surface area (TPSA) is 58.0 Å². The van der Waals surface area contributed by atoms with Gasteiger partial charge < -0.3 is 9.73 Å². The number of H-pyrrole nitrogens is 1. The van der Waals surface area contributed by atoms with Crippen LogP contribution in [0.15, 0.2) is 57.7 Å². The van der Waals surface area contributed by atoms with Crippen molar-refractivity contribution in [1.29, 1.82) is 0 Å². The summed E-state index contributed by atoms with van der Waals surface area (Å²) in [4.78, 5) is 14.0. The summed E-state index contributed by atoms with van der Waals surface area (Å²) in [6.45, 7) is 2.30. The predicted molar refractivity (Wildman–Crippen MR) is 109 cm³/mol. The minimum Gasteiger partial charge on any atom is -0.408 e. The molecule has 0 bridgehead atoms. The van der Waals surface area contributed by atoms with Crippen LogP contribution in [0.2, 0.25) is 0 Å². The molecule has 1 aliphatic carbocycles. The molecule has 2 aromatic carbocycles. The van der Waals surface area contributed by atoms with Crippen molar-refractivity contribution in [2.24, 2.45) is 0 Å². The second kappa shape index (κ2) is 8.13. The van der Waals surface area contributed by atoms with E-state index in [0.717, 1.165) is 11.9 Å². The molecule has 142 valence electrons. The monoisotopic (exact) mass is 364 g/mol. The van der Waals surface area contributed by atoms with Gasteiger partial charge in [0.15, 0.2) is 5.58 Å². The third kappa shape index (κ3) is 4.51. The smallest absolute Gasteiger partial charge is 0.408 e. The van der Waals surface area contributed by atoms with Gasteiger partial charge in [-0.15, -0.1) is 0 Å². The van der Waals surface area contributed by atoms with Crippen LogP contribution in [-0.2, 0) is 6.42 Å². The molecule has 1 aromatic heterocycles. The second-order valence-corrected chi connectivity index (χ2v) is 7.91. The quantitative estimate of drug-likeness (QED) is 0.663. The van der Waals surface area contributed by atoms with Crippen LogP contribution in [0.1, 0.15) is 56.1 Å². The van der Waals surface area contributed by atoms with E-state index in [0.29, 0.717) is 23.6 Å². The first kappa shape index (κ1) is 18.1. The molecule has 0 radical (unpaired) electrons. The molecule has 0 saturated heterocycles. The molecular formula is C23H28N2O2. The molecule has 0 amide bonds. The third-order valence-corrected chi connectivity index (χ3v) is 5.87. The molecule has 3 aromatic rings. The van der Waals surface area contributed by atoms with E-state index in [9.17, 15) is 4.79 Å². The van der Waals surface area contributed by atoms with Crippen LogP contribution in [0.3, 0.4) is 0 Å². The van der Waals surface area contributed by atoms with E-state index in [1.54, 1.807) is 0 Å². The summed E-state index contributed by atoms with van der Waals surface area (Å²) in [6, 6.07) is 18.0. The average Bonchev–Trinajstić information content (AvgIpc) is 3.07. The molecule has 0 aliphatic heterocycles. The van der Waals surface area contributed by atoms with Crippen molar-refractivity contribution < 1.29 is 4.42 Å². The van der Waals surface area contributed by atoms with Crippen LogP contribution >= 0.6 is 0 Å². The average molecular weight is 364 g/mol. The fourth-order valence-corrected chi connectivity index (χ4v) is 4.32. The van der Waals surface area contributed by atoms with Crippen molar-refractivity contribution in [2.45, 2.75) is 63.5 Å². The lowest BCUT2D eigenvalue weighted by Crippen LogP contribution is -2.39. The maximum Gasteiger partial charge on any atom is 0.417 e. The summed E-state index contributed by atoms with van der Waals surface area (Å²) in [7, 11) is 0. The molecular weight excluding hydrogens is 336 g/mol. The minimum atomic E-state index is -0.375. The Hall–Kier alpha value is -2.33. The number of aryl methyl sites for hydroxylation is 1. The Labute approximate surface area is 160 Å². The molecule has 1 saturated carbocycles.